The predicted molar refractivity (Wildman–Crippen MR) is 60.3 cm³/mol. The van der Waals surface area contributed by atoms with Crippen molar-refractivity contribution < 1.29 is 0 Å². The summed E-state index contributed by atoms with van der Waals surface area (Å²) in [6.07, 6.45) is 4.98. The van der Waals surface area contributed by atoms with Crippen LogP contribution in [0.5, 0.6) is 0 Å². The molecular weight excluding hydrogens is 186 g/mol. The number of aromatic nitrogens is 2. The minimum Gasteiger partial charge on any atom is -0.340 e. The van der Waals surface area contributed by atoms with Gasteiger partial charge in [-0.1, -0.05) is 36.4 Å². The lowest BCUT2D eigenvalue weighted by atomic mass is 10.1. The van der Waals surface area contributed by atoms with Gasteiger partial charge in [-0.05, 0) is 12.0 Å². The fourth-order valence-electron chi connectivity index (χ4n) is 1.78. The molecule has 0 radical (unpaired) electrons. The number of nitrogens with zero attached hydrogens (tertiary/aromatic N) is 1. The summed E-state index contributed by atoms with van der Waals surface area (Å²) < 4.78 is 0. The van der Waals surface area contributed by atoms with E-state index in [0.29, 0.717) is 0 Å². The maximum Gasteiger partial charge on any atom is 0.129 e. The van der Waals surface area contributed by atoms with E-state index >= 15 is 0 Å². The Labute approximate surface area is 87.8 Å². The molecule has 2 aromatic rings. The topological polar surface area (TPSA) is 40.7 Å². The molecular formula is C12H11N3. The molecule has 3 nitrogen and oxygen atoms in total. The summed E-state index contributed by atoms with van der Waals surface area (Å²) in [5.74, 6) is 1.01. The smallest absolute Gasteiger partial charge is 0.129 e. The zero-order valence-corrected chi connectivity index (χ0v) is 8.20. The zero-order valence-electron chi connectivity index (χ0n) is 8.20. The van der Waals surface area contributed by atoms with Crippen molar-refractivity contribution in [1.29, 1.82) is 0 Å². The Hall–Kier alpha value is -2.03. The van der Waals surface area contributed by atoms with E-state index in [0.717, 1.165) is 17.9 Å². The number of benzene rings is 1. The quantitative estimate of drug-likeness (QED) is 0.737. The number of nitrogens with one attached hydrogen (secondary N) is 2. The van der Waals surface area contributed by atoms with Crippen LogP contribution in [0.4, 0.5) is 5.82 Å². The molecule has 15 heavy (non-hydrogen) atoms. The van der Waals surface area contributed by atoms with Gasteiger partial charge in [0, 0.05) is 11.3 Å². The monoisotopic (exact) mass is 197 g/mol. The Morgan fingerprint density at radius 1 is 1.13 bits per heavy atom. The number of fused-ring (bicyclic) bond motifs is 1. The Kier molecular flexibility index (Phi) is 1.81. The maximum atomic E-state index is 4.01. The van der Waals surface area contributed by atoms with Crippen molar-refractivity contribution >= 4 is 11.5 Å². The summed E-state index contributed by atoms with van der Waals surface area (Å²) in [5.41, 5.74) is 3.57. The molecule has 1 aromatic heterocycles. The highest BCUT2D eigenvalue weighted by molar-refractivity contribution is 5.79. The molecule has 0 spiro atoms. The van der Waals surface area contributed by atoms with Gasteiger partial charge in [-0.25, -0.2) is 0 Å². The molecule has 74 valence electrons. The van der Waals surface area contributed by atoms with Crippen LogP contribution in [0.1, 0.15) is 11.1 Å². The van der Waals surface area contributed by atoms with Gasteiger partial charge in [-0.15, -0.1) is 0 Å². The number of hydrogen-bond acceptors (Lipinski definition) is 2. The first kappa shape index (κ1) is 8.29. The van der Waals surface area contributed by atoms with Crippen LogP contribution in [0.25, 0.3) is 5.70 Å². The van der Waals surface area contributed by atoms with Crippen molar-refractivity contribution in [3.8, 4) is 0 Å². The molecule has 0 saturated heterocycles. The van der Waals surface area contributed by atoms with Gasteiger partial charge in [0.25, 0.3) is 0 Å². The number of aromatic amines is 1. The highest BCUT2D eigenvalue weighted by Gasteiger charge is 2.12. The van der Waals surface area contributed by atoms with E-state index < -0.39 is 0 Å². The van der Waals surface area contributed by atoms with Gasteiger partial charge in [0.05, 0.1) is 6.20 Å². The van der Waals surface area contributed by atoms with Crippen molar-refractivity contribution in [2.24, 2.45) is 0 Å². The molecule has 0 bridgehead atoms. The first-order valence-corrected chi connectivity index (χ1v) is 4.98. The van der Waals surface area contributed by atoms with Crippen LogP contribution in [0.2, 0.25) is 0 Å². The highest BCUT2D eigenvalue weighted by atomic mass is 15.2. The van der Waals surface area contributed by atoms with Crippen molar-refractivity contribution in [3.63, 3.8) is 0 Å². The molecule has 0 fully saturated rings. The summed E-state index contributed by atoms with van der Waals surface area (Å²) in [7, 11) is 0. The molecule has 3 heteroatoms. The molecule has 0 unspecified atom stereocenters. The Bertz CT molecular complexity index is 497. The van der Waals surface area contributed by atoms with Gasteiger partial charge in [0.2, 0.25) is 0 Å². The summed E-state index contributed by atoms with van der Waals surface area (Å²) in [6, 6.07) is 10.3. The van der Waals surface area contributed by atoms with Crippen LogP contribution < -0.4 is 5.32 Å². The number of hydrogen-bond donors (Lipinski definition) is 2. The van der Waals surface area contributed by atoms with Gasteiger partial charge < -0.3 is 5.32 Å². The van der Waals surface area contributed by atoms with E-state index in [1.807, 2.05) is 24.4 Å². The molecule has 3 rings (SSSR count). The van der Waals surface area contributed by atoms with Gasteiger partial charge in [-0.3, -0.25) is 5.10 Å². The van der Waals surface area contributed by atoms with Crippen LogP contribution in [0, 0.1) is 0 Å². The van der Waals surface area contributed by atoms with Crippen molar-refractivity contribution in [3.05, 3.63) is 53.7 Å². The van der Waals surface area contributed by atoms with Crippen molar-refractivity contribution in [2.75, 3.05) is 5.32 Å². The van der Waals surface area contributed by atoms with Crippen molar-refractivity contribution in [1.82, 2.24) is 10.2 Å². The van der Waals surface area contributed by atoms with E-state index in [2.05, 4.69) is 33.7 Å². The average Bonchev–Trinajstić information content (AvgIpc) is 2.77. The number of allylic oxidation sites excluding steroid dienone is 1. The summed E-state index contributed by atoms with van der Waals surface area (Å²) >= 11 is 0. The maximum absolute atomic E-state index is 4.01. The van der Waals surface area contributed by atoms with E-state index in [4.69, 9.17) is 0 Å². The van der Waals surface area contributed by atoms with E-state index in [1.165, 1.54) is 11.1 Å². The standard InChI is InChI=1S/C12H11N3/c1-2-4-9(5-3-1)11-7-6-10-8-13-15-12(10)14-11/h1-5,7-8H,6H2,(H2,13,14,15). The SMILES string of the molecule is C1=C(c2ccccc2)Nc2[nH]ncc2C1. The first-order chi connectivity index (χ1) is 7.43. The molecule has 0 amide bonds. The minimum absolute atomic E-state index is 0.934. The second-order valence-electron chi connectivity index (χ2n) is 3.58. The average molecular weight is 197 g/mol. The summed E-state index contributed by atoms with van der Waals surface area (Å²) in [4.78, 5) is 0. The van der Waals surface area contributed by atoms with E-state index in [1.54, 1.807) is 0 Å². The van der Waals surface area contributed by atoms with Crippen molar-refractivity contribution in [2.45, 2.75) is 6.42 Å². The molecule has 0 aliphatic carbocycles. The normalized spacial score (nSPS) is 14.0. The first-order valence-electron chi connectivity index (χ1n) is 4.98. The van der Waals surface area contributed by atoms with Gasteiger partial charge >= 0.3 is 0 Å². The fourth-order valence-corrected chi connectivity index (χ4v) is 1.78. The van der Waals surface area contributed by atoms with Crippen LogP contribution in [-0.2, 0) is 6.42 Å². The minimum atomic E-state index is 0.934. The third-order valence-electron chi connectivity index (χ3n) is 2.59. The molecule has 1 aliphatic heterocycles. The van der Waals surface area contributed by atoms with Gasteiger partial charge in [0.15, 0.2) is 0 Å². The van der Waals surface area contributed by atoms with Crippen LogP contribution in [-0.4, -0.2) is 10.2 Å². The summed E-state index contributed by atoms with van der Waals surface area (Å²) in [6.45, 7) is 0. The highest BCUT2D eigenvalue weighted by Crippen LogP contribution is 2.25. The van der Waals surface area contributed by atoms with E-state index in [9.17, 15) is 0 Å². The molecule has 0 atom stereocenters. The van der Waals surface area contributed by atoms with E-state index in [-0.39, 0.29) is 0 Å². The van der Waals surface area contributed by atoms with Crippen LogP contribution >= 0.6 is 0 Å². The zero-order chi connectivity index (χ0) is 10.1. The summed E-state index contributed by atoms with van der Waals surface area (Å²) in [5, 5.41) is 10.3. The molecule has 1 aliphatic rings. The van der Waals surface area contributed by atoms with Gasteiger partial charge in [0.1, 0.15) is 5.82 Å². The van der Waals surface area contributed by atoms with Gasteiger partial charge in [-0.2, -0.15) is 5.10 Å². The fraction of sp³-hybridized carbons (Fsp3) is 0.0833. The number of H-pyrrole nitrogens is 1. The third-order valence-corrected chi connectivity index (χ3v) is 2.59. The lowest BCUT2D eigenvalue weighted by Gasteiger charge is -2.15. The lowest BCUT2D eigenvalue weighted by Crippen LogP contribution is -2.06. The third kappa shape index (κ3) is 1.42. The predicted octanol–water partition coefficient (Wildman–Crippen LogP) is 2.42. The number of anilines is 1. The molecule has 1 aromatic carbocycles. The Balaban J connectivity index is 1.95. The van der Waals surface area contributed by atoms with Crippen LogP contribution in [0.3, 0.4) is 0 Å². The second kappa shape index (κ2) is 3.28. The lowest BCUT2D eigenvalue weighted by molar-refractivity contribution is 1.09. The molecule has 2 N–H and O–H groups in total. The second-order valence-corrected chi connectivity index (χ2v) is 3.58. The number of rotatable bonds is 1. The Morgan fingerprint density at radius 3 is 2.87 bits per heavy atom. The van der Waals surface area contributed by atoms with Crippen LogP contribution in [0.15, 0.2) is 42.6 Å². The molecule has 2 heterocycles. The Morgan fingerprint density at radius 2 is 2.00 bits per heavy atom. The molecule has 0 saturated carbocycles. The largest absolute Gasteiger partial charge is 0.340 e.